The Morgan fingerprint density at radius 3 is 2.64 bits per heavy atom. The van der Waals surface area contributed by atoms with Gasteiger partial charge in [0.2, 0.25) is 0 Å². The van der Waals surface area contributed by atoms with Gasteiger partial charge in [0.05, 0.1) is 10.6 Å². The Morgan fingerprint density at radius 1 is 1.20 bits per heavy atom. The summed E-state index contributed by atoms with van der Waals surface area (Å²) in [6.07, 6.45) is 3.37. The molecule has 0 amide bonds. The molecular weight excluding hydrogens is 332 g/mol. The topological polar surface area (TPSA) is 98.4 Å². The van der Waals surface area contributed by atoms with E-state index >= 15 is 0 Å². The minimum absolute atomic E-state index is 0.412. The van der Waals surface area contributed by atoms with Gasteiger partial charge < -0.3 is 10.7 Å². The summed E-state index contributed by atoms with van der Waals surface area (Å²) in [6, 6.07) is 2.11. The van der Waals surface area contributed by atoms with Crippen molar-refractivity contribution in [2.75, 3.05) is 5.32 Å². The highest BCUT2D eigenvalue weighted by Crippen LogP contribution is 2.44. The van der Waals surface area contributed by atoms with Crippen LogP contribution in [0, 0.1) is 24.7 Å². The van der Waals surface area contributed by atoms with Gasteiger partial charge in [-0.15, -0.1) is 0 Å². The van der Waals surface area contributed by atoms with Crippen LogP contribution in [-0.4, -0.2) is 25.7 Å². The van der Waals surface area contributed by atoms with E-state index in [0.717, 1.165) is 38.6 Å². The summed E-state index contributed by atoms with van der Waals surface area (Å²) >= 11 is 1.34. The number of hydrogen-bond acceptors (Lipinski definition) is 7. The lowest BCUT2D eigenvalue weighted by atomic mass is 10.0. The monoisotopic (exact) mass is 352 g/mol. The average Bonchev–Trinajstić information content (AvgIpc) is 2.91. The third-order valence-corrected chi connectivity index (χ3v) is 5.26. The van der Waals surface area contributed by atoms with E-state index in [-0.39, 0.29) is 0 Å². The number of thioether (sulfide) groups is 1. The molecule has 0 unspecified atom stereocenters. The van der Waals surface area contributed by atoms with Gasteiger partial charge >= 0.3 is 0 Å². The molecule has 0 bridgehead atoms. The summed E-state index contributed by atoms with van der Waals surface area (Å²) in [5.74, 6) is 0.711. The fourth-order valence-corrected chi connectivity index (χ4v) is 3.58. The van der Waals surface area contributed by atoms with Crippen molar-refractivity contribution in [1.82, 2.24) is 15.0 Å². The molecule has 7 heteroatoms. The second-order valence-corrected chi connectivity index (χ2v) is 7.08. The Kier molecular flexibility index (Phi) is 4.67. The molecule has 2 aromatic heterocycles. The number of allylic oxidation sites excluding steroid dienone is 1. The van der Waals surface area contributed by atoms with Gasteiger partial charge in [-0.25, -0.2) is 9.97 Å². The number of anilines is 1. The molecule has 0 fully saturated rings. The molecule has 6 nitrogen and oxygen atoms in total. The molecule has 0 saturated carbocycles. The Morgan fingerprint density at radius 2 is 1.96 bits per heavy atom. The summed E-state index contributed by atoms with van der Waals surface area (Å²) in [4.78, 5) is 13.9. The molecule has 3 heterocycles. The summed E-state index contributed by atoms with van der Waals surface area (Å²) < 4.78 is 0. The zero-order valence-corrected chi connectivity index (χ0v) is 15.5. The highest BCUT2D eigenvalue weighted by molar-refractivity contribution is 8.15. The second kappa shape index (κ2) is 6.76. The van der Waals surface area contributed by atoms with Crippen molar-refractivity contribution in [1.29, 1.82) is 10.8 Å². The predicted octanol–water partition coefficient (Wildman–Crippen LogP) is 4.00. The standard InChI is InChI=1S/C18H20N6S/c1-9-5-13(6-21-12(9)4)7-22-18-16-15(23-8-24-18)14(17(20)25-16)10(2)11(3)19/h5-6,8,19-20H,7H2,1-4H3,(H,22,23,24)/b14-10-,19-11?,20-17?. The van der Waals surface area contributed by atoms with Crippen molar-refractivity contribution in [3.63, 3.8) is 0 Å². The molecule has 0 aliphatic carbocycles. The summed E-state index contributed by atoms with van der Waals surface area (Å²) in [6.45, 7) is 8.23. The number of nitrogens with zero attached hydrogens (tertiary/aromatic N) is 3. The van der Waals surface area contributed by atoms with Crippen LogP contribution in [0.25, 0.3) is 5.57 Å². The molecule has 0 spiro atoms. The van der Waals surface area contributed by atoms with E-state index in [2.05, 4.69) is 26.3 Å². The van der Waals surface area contributed by atoms with E-state index in [0.29, 0.717) is 23.1 Å². The highest BCUT2D eigenvalue weighted by atomic mass is 32.2. The van der Waals surface area contributed by atoms with E-state index in [1.807, 2.05) is 27.0 Å². The van der Waals surface area contributed by atoms with Gasteiger partial charge in [-0.2, -0.15) is 0 Å². The van der Waals surface area contributed by atoms with Crippen molar-refractivity contribution >= 4 is 33.9 Å². The third-order valence-electron chi connectivity index (χ3n) is 4.27. The first-order valence-electron chi connectivity index (χ1n) is 7.93. The summed E-state index contributed by atoms with van der Waals surface area (Å²) in [5.41, 5.74) is 5.95. The van der Waals surface area contributed by atoms with Gasteiger partial charge in [0.25, 0.3) is 0 Å². The van der Waals surface area contributed by atoms with Gasteiger partial charge in [0, 0.05) is 29.7 Å². The Bertz CT molecular complexity index is 916. The van der Waals surface area contributed by atoms with Crippen LogP contribution in [0.5, 0.6) is 0 Å². The van der Waals surface area contributed by atoms with Gasteiger partial charge in [-0.3, -0.25) is 10.4 Å². The van der Waals surface area contributed by atoms with Gasteiger partial charge in [0.15, 0.2) is 0 Å². The first-order valence-corrected chi connectivity index (χ1v) is 8.74. The molecule has 0 saturated heterocycles. The SMILES string of the molecule is CC(=N)/C(C)=C1\C(=N)Sc2c(NCc3cnc(C)c(C)c3)ncnc21. The minimum Gasteiger partial charge on any atom is -0.365 e. The molecule has 2 aromatic rings. The maximum Gasteiger partial charge on any atom is 0.144 e. The predicted molar refractivity (Wildman–Crippen MR) is 103 cm³/mol. The molecule has 0 aromatic carbocycles. The van der Waals surface area contributed by atoms with Crippen LogP contribution in [0.4, 0.5) is 5.82 Å². The Balaban J connectivity index is 1.91. The van der Waals surface area contributed by atoms with E-state index in [1.54, 1.807) is 6.92 Å². The number of aromatic nitrogens is 3. The van der Waals surface area contributed by atoms with Crippen molar-refractivity contribution in [2.24, 2.45) is 0 Å². The summed E-state index contributed by atoms with van der Waals surface area (Å²) in [7, 11) is 0. The maximum atomic E-state index is 8.26. The maximum absolute atomic E-state index is 8.26. The van der Waals surface area contributed by atoms with Crippen molar-refractivity contribution in [3.8, 4) is 0 Å². The number of hydrogen-bond donors (Lipinski definition) is 3. The lowest BCUT2D eigenvalue weighted by Gasteiger charge is -2.10. The molecule has 0 radical (unpaired) electrons. The van der Waals surface area contributed by atoms with Crippen LogP contribution >= 0.6 is 11.8 Å². The van der Waals surface area contributed by atoms with Crippen LogP contribution < -0.4 is 5.32 Å². The molecule has 1 aliphatic heterocycles. The molecule has 25 heavy (non-hydrogen) atoms. The van der Waals surface area contributed by atoms with E-state index < -0.39 is 0 Å². The lowest BCUT2D eigenvalue weighted by molar-refractivity contribution is 1.01. The summed E-state index contributed by atoms with van der Waals surface area (Å²) in [5, 5.41) is 19.9. The van der Waals surface area contributed by atoms with Crippen molar-refractivity contribution in [2.45, 2.75) is 39.1 Å². The van der Waals surface area contributed by atoms with E-state index in [1.165, 1.54) is 18.1 Å². The molecule has 1 aliphatic rings. The first kappa shape index (κ1) is 17.3. The third kappa shape index (κ3) is 3.32. The van der Waals surface area contributed by atoms with Crippen LogP contribution in [0.1, 0.15) is 36.4 Å². The van der Waals surface area contributed by atoms with Crippen molar-refractivity contribution in [3.05, 3.63) is 46.7 Å². The van der Waals surface area contributed by atoms with Crippen LogP contribution in [-0.2, 0) is 6.54 Å². The Labute approximate surface area is 151 Å². The number of fused-ring (bicyclic) bond motifs is 1. The average molecular weight is 352 g/mol. The smallest absolute Gasteiger partial charge is 0.144 e. The molecule has 3 rings (SSSR count). The normalized spacial score (nSPS) is 15.1. The van der Waals surface area contributed by atoms with Crippen molar-refractivity contribution < 1.29 is 0 Å². The van der Waals surface area contributed by atoms with Crippen LogP contribution in [0.2, 0.25) is 0 Å². The van der Waals surface area contributed by atoms with E-state index in [9.17, 15) is 0 Å². The molecule has 128 valence electrons. The lowest BCUT2D eigenvalue weighted by Crippen LogP contribution is -2.05. The zero-order valence-electron chi connectivity index (χ0n) is 14.7. The number of nitrogens with one attached hydrogen (secondary N) is 3. The number of rotatable bonds is 4. The minimum atomic E-state index is 0.412. The van der Waals surface area contributed by atoms with E-state index in [4.69, 9.17) is 10.8 Å². The first-order chi connectivity index (χ1) is 11.9. The highest BCUT2D eigenvalue weighted by Gasteiger charge is 2.29. The number of aryl methyl sites for hydroxylation is 2. The molecule has 3 N–H and O–H groups in total. The molecular formula is C18H20N6S. The van der Waals surface area contributed by atoms with Gasteiger partial charge in [-0.05, 0) is 44.4 Å². The van der Waals surface area contributed by atoms with Gasteiger partial charge in [-0.1, -0.05) is 17.8 Å². The van der Waals surface area contributed by atoms with Crippen LogP contribution in [0.15, 0.2) is 29.1 Å². The largest absolute Gasteiger partial charge is 0.365 e. The van der Waals surface area contributed by atoms with Crippen LogP contribution in [0.3, 0.4) is 0 Å². The quantitative estimate of drug-likeness (QED) is 0.723. The Hall–Kier alpha value is -2.54. The zero-order chi connectivity index (χ0) is 18.1. The number of pyridine rings is 1. The van der Waals surface area contributed by atoms with Gasteiger partial charge in [0.1, 0.15) is 17.2 Å². The fourth-order valence-electron chi connectivity index (χ4n) is 2.55. The fraction of sp³-hybridized carbons (Fsp3) is 0.278. The second-order valence-electron chi connectivity index (χ2n) is 6.06. The molecule has 0 atom stereocenters.